The van der Waals surface area contributed by atoms with Gasteiger partial charge in [0.15, 0.2) is 5.03 Å². The van der Waals surface area contributed by atoms with E-state index in [0.29, 0.717) is 19.5 Å². The lowest BCUT2D eigenvalue weighted by Crippen LogP contribution is -2.37. The number of hydrogen-bond donors (Lipinski definition) is 0. The molecule has 0 saturated heterocycles. The van der Waals surface area contributed by atoms with E-state index in [1.165, 1.54) is 16.8 Å². The van der Waals surface area contributed by atoms with E-state index < -0.39 is 10.0 Å². The smallest absolute Gasteiger partial charge is 0.262 e. The van der Waals surface area contributed by atoms with Gasteiger partial charge in [-0.25, -0.2) is 13.4 Å². The molecule has 3 aromatic rings. The summed E-state index contributed by atoms with van der Waals surface area (Å²) in [7, 11) is -1.91. The third kappa shape index (κ3) is 3.65. The van der Waals surface area contributed by atoms with Crippen LogP contribution in [0.1, 0.15) is 16.7 Å². The van der Waals surface area contributed by atoms with Gasteiger partial charge in [0.1, 0.15) is 0 Å². The Labute approximate surface area is 163 Å². The minimum atomic E-state index is -3.65. The van der Waals surface area contributed by atoms with Crippen LogP contribution in [0.3, 0.4) is 0 Å². The van der Waals surface area contributed by atoms with Crippen LogP contribution in [0.15, 0.2) is 64.9 Å². The van der Waals surface area contributed by atoms with Crippen molar-refractivity contribution >= 4 is 10.0 Å². The van der Waals surface area contributed by atoms with Crippen molar-refractivity contribution < 1.29 is 8.42 Å². The Kier molecular flexibility index (Phi) is 4.91. The van der Waals surface area contributed by atoms with Gasteiger partial charge in [0.2, 0.25) is 0 Å². The predicted molar refractivity (Wildman–Crippen MR) is 105 cm³/mol. The molecule has 0 bridgehead atoms. The first-order valence-corrected chi connectivity index (χ1v) is 10.6. The van der Waals surface area contributed by atoms with Crippen molar-refractivity contribution in [2.45, 2.75) is 31.0 Å². The molecule has 0 unspecified atom stereocenters. The highest BCUT2D eigenvalue weighted by atomic mass is 32.2. The van der Waals surface area contributed by atoms with Gasteiger partial charge >= 0.3 is 0 Å². The van der Waals surface area contributed by atoms with E-state index in [4.69, 9.17) is 0 Å². The van der Waals surface area contributed by atoms with Gasteiger partial charge in [0.05, 0.1) is 6.33 Å². The monoisotopic (exact) mass is 398 g/mol. The first kappa shape index (κ1) is 18.6. The van der Waals surface area contributed by atoms with E-state index in [0.717, 1.165) is 23.1 Å². The molecule has 0 N–H and O–H groups in total. The molecule has 0 amide bonds. The third-order valence-corrected chi connectivity index (χ3v) is 6.78. The molecule has 2 aromatic heterocycles. The molecular formula is C20H22N4O3S. The number of imidazole rings is 1. The van der Waals surface area contributed by atoms with Gasteiger partial charge in [0, 0.05) is 45.1 Å². The fourth-order valence-electron chi connectivity index (χ4n) is 3.48. The van der Waals surface area contributed by atoms with Crippen molar-refractivity contribution in [3.63, 3.8) is 0 Å². The topological polar surface area (TPSA) is 77.2 Å². The van der Waals surface area contributed by atoms with Crippen LogP contribution in [0.4, 0.5) is 0 Å². The summed E-state index contributed by atoms with van der Waals surface area (Å²) < 4.78 is 30.4. The molecule has 8 heteroatoms. The quantitative estimate of drug-likeness (QED) is 0.654. The lowest BCUT2D eigenvalue weighted by Gasteiger charge is -2.27. The molecule has 146 valence electrons. The van der Waals surface area contributed by atoms with Crippen LogP contribution in [0, 0.1) is 0 Å². The van der Waals surface area contributed by atoms with E-state index in [1.54, 1.807) is 28.4 Å². The maximum absolute atomic E-state index is 12.9. The second kappa shape index (κ2) is 7.37. The number of rotatable bonds is 5. The van der Waals surface area contributed by atoms with Crippen molar-refractivity contribution in [2.24, 2.45) is 7.05 Å². The van der Waals surface area contributed by atoms with Crippen LogP contribution in [0.5, 0.6) is 0 Å². The standard InChI is InChI=1S/C20H22N4O3S/c1-22-14-19(21-15-22)28(26,27)24-10-8-17-11-20(25)23(12-18(17)13-24)9-7-16-5-3-2-4-6-16/h2-6,11-12,14-15H,7-10,13H2,1H3. The summed E-state index contributed by atoms with van der Waals surface area (Å²) in [6.45, 7) is 1.16. The maximum Gasteiger partial charge on any atom is 0.262 e. The number of sulfonamides is 1. The van der Waals surface area contributed by atoms with Crippen LogP contribution >= 0.6 is 0 Å². The summed E-state index contributed by atoms with van der Waals surface area (Å²) in [5.41, 5.74) is 2.91. The summed E-state index contributed by atoms with van der Waals surface area (Å²) in [5.74, 6) is 0. The van der Waals surface area contributed by atoms with Gasteiger partial charge < -0.3 is 9.13 Å². The lowest BCUT2D eigenvalue weighted by molar-refractivity contribution is 0.387. The Morgan fingerprint density at radius 3 is 2.61 bits per heavy atom. The zero-order valence-corrected chi connectivity index (χ0v) is 16.5. The number of benzene rings is 1. The van der Waals surface area contributed by atoms with Gasteiger partial charge in [-0.1, -0.05) is 30.3 Å². The molecule has 0 fully saturated rings. The Bertz CT molecular complexity index is 1150. The fraction of sp³-hybridized carbons (Fsp3) is 0.300. The first-order valence-electron chi connectivity index (χ1n) is 9.18. The number of aromatic nitrogens is 3. The molecule has 1 aliphatic rings. The zero-order valence-electron chi connectivity index (χ0n) is 15.7. The highest BCUT2D eigenvalue weighted by Gasteiger charge is 2.30. The van der Waals surface area contributed by atoms with E-state index in [1.807, 2.05) is 30.3 Å². The average Bonchev–Trinajstić information content (AvgIpc) is 3.14. The van der Waals surface area contributed by atoms with E-state index in [2.05, 4.69) is 4.98 Å². The van der Waals surface area contributed by atoms with Crippen molar-refractivity contribution in [1.82, 2.24) is 18.4 Å². The van der Waals surface area contributed by atoms with Crippen molar-refractivity contribution in [1.29, 1.82) is 0 Å². The Hall–Kier alpha value is -2.71. The summed E-state index contributed by atoms with van der Waals surface area (Å²) >= 11 is 0. The summed E-state index contributed by atoms with van der Waals surface area (Å²) in [4.78, 5) is 16.4. The number of fused-ring (bicyclic) bond motifs is 1. The van der Waals surface area contributed by atoms with E-state index in [-0.39, 0.29) is 17.1 Å². The average molecular weight is 398 g/mol. The van der Waals surface area contributed by atoms with E-state index >= 15 is 0 Å². The largest absolute Gasteiger partial charge is 0.339 e. The molecule has 3 heterocycles. The predicted octanol–water partition coefficient (Wildman–Crippen LogP) is 1.57. The van der Waals surface area contributed by atoms with E-state index in [9.17, 15) is 13.2 Å². The van der Waals surface area contributed by atoms with Crippen LogP contribution in [0.25, 0.3) is 0 Å². The molecule has 28 heavy (non-hydrogen) atoms. The Morgan fingerprint density at radius 1 is 1.11 bits per heavy atom. The molecule has 7 nitrogen and oxygen atoms in total. The second-order valence-corrected chi connectivity index (χ2v) is 8.94. The number of hydrogen-bond acceptors (Lipinski definition) is 4. The molecular weight excluding hydrogens is 376 g/mol. The molecule has 0 spiro atoms. The zero-order chi connectivity index (χ0) is 19.7. The second-order valence-electron chi connectivity index (χ2n) is 7.06. The minimum absolute atomic E-state index is 0.0456. The molecule has 1 aliphatic heterocycles. The fourth-order valence-corrected chi connectivity index (χ4v) is 4.86. The van der Waals surface area contributed by atoms with Gasteiger partial charge in [-0.05, 0) is 29.5 Å². The number of nitrogens with zero attached hydrogens (tertiary/aromatic N) is 4. The highest BCUT2D eigenvalue weighted by Crippen LogP contribution is 2.23. The molecule has 0 aliphatic carbocycles. The lowest BCUT2D eigenvalue weighted by atomic mass is 10.0. The Balaban J connectivity index is 1.57. The molecule has 0 saturated carbocycles. The van der Waals surface area contributed by atoms with Crippen molar-refractivity contribution in [3.05, 3.63) is 82.2 Å². The first-order chi connectivity index (χ1) is 13.4. The van der Waals surface area contributed by atoms with Crippen LogP contribution in [0.2, 0.25) is 0 Å². The number of aryl methyl sites for hydroxylation is 3. The van der Waals surface area contributed by atoms with Crippen molar-refractivity contribution in [3.8, 4) is 0 Å². The Morgan fingerprint density at radius 2 is 1.89 bits per heavy atom. The number of pyridine rings is 1. The maximum atomic E-state index is 12.9. The normalized spacial score (nSPS) is 14.8. The van der Waals surface area contributed by atoms with Crippen LogP contribution in [-0.2, 0) is 43.0 Å². The summed E-state index contributed by atoms with van der Waals surface area (Å²) in [6.07, 6.45) is 6.06. The molecule has 4 rings (SSSR count). The van der Waals surface area contributed by atoms with Crippen LogP contribution in [-0.4, -0.2) is 33.4 Å². The van der Waals surface area contributed by atoms with Gasteiger partial charge in [-0.2, -0.15) is 4.31 Å². The highest BCUT2D eigenvalue weighted by molar-refractivity contribution is 7.89. The van der Waals surface area contributed by atoms with Gasteiger partial charge in [-0.3, -0.25) is 4.79 Å². The van der Waals surface area contributed by atoms with Gasteiger partial charge in [-0.15, -0.1) is 0 Å². The summed E-state index contributed by atoms with van der Waals surface area (Å²) in [6, 6.07) is 11.6. The minimum Gasteiger partial charge on any atom is -0.339 e. The van der Waals surface area contributed by atoms with Crippen molar-refractivity contribution in [2.75, 3.05) is 6.54 Å². The summed E-state index contributed by atoms with van der Waals surface area (Å²) in [5, 5.41) is 0.0517. The molecule has 0 atom stereocenters. The van der Waals surface area contributed by atoms with Crippen LogP contribution < -0.4 is 5.56 Å². The third-order valence-electron chi connectivity index (χ3n) is 5.05. The van der Waals surface area contributed by atoms with Gasteiger partial charge in [0.25, 0.3) is 15.6 Å². The molecule has 0 radical (unpaired) electrons. The SMILES string of the molecule is Cn1cnc(S(=O)(=O)N2CCc3cc(=O)n(CCc4ccccc4)cc3C2)c1. The molecule has 1 aromatic carbocycles.